The van der Waals surface area contributed by atoms with E-state index in [-0.39, 0.29) is 32.2 Å². The van der Waals surface area contributed by atoms with Gasteiger partial charge in [0.05, 0.1) is 23.5 Å². The third kappa shape index (κ3) is 6.33. The fourth-order valence-electron chi connectivity index (χ4n) is 3.08. The highest BCUT2D eigenvalue weighted by Crippen LogP contribution is 2.25. The lowest BCUT2D eigenvalue weighted by Crippen LogP contribution is -2.17. The number of hydrogen-bond donors (Lipinski definition) is 3. The molecule has 0 fully saturated rings. The number of thiazole rings is 1. The van der Waals surface area contributed by atoms with Crippen LogP contribution in [0, 0.1) is 11.3 Å². The van der Waals surface area contributed by atoms with Crippen molar-refractivity contribution < 1.29 is 17.9 Å². The molecule has 0 unspecified atom stereocenters. The van der Waals surface area contributed by atoms with Gasteiger partial charge in [-0.3, -0.25) is 14.3 Å². The summed E-state index contributed by atoms with van der Waals surface area (Å²) >= 11 is 2.14. The van der Waals surface area contributed by atoms with Crippen molar-refractivity contribution in [3.63, 3.8) is 0 Å². The first-order valence-corrected chi connectivity index (χ1v) is 13.8. The smallest absolute Gasteiger partial charge is 0.270 e. The molecular weight excluding hydrogens is 536 g/mol. The zero-order valence-corrected chi connectivity index (χ0v) is 21.5. The average Bonchev–Trinajstić information content (AvgIpc) is 3.40. The predicted molar refractivity (Wildman–Crippen MR) is 140 cm³/mol. The van der Waals surface area contributed by atoms with E-state index in [1.807, 2.05) is 6.07 Å². The van der Waals surface area contributed by atoms with Crippen molar-refractivity contribution in [2.24, 2.45) is 0 Å². The molecule has 188 valence electrons. The second-order valence-corrected chi connectivity index (χ2v) is 10.8. The summed E-state index contributed by atoms with van der Waals surface area (Å²) in [6, 6.07) is 14.2. The summed E-state index contributed by atoms with van der Waals surface area (Å²) in [6.45, 7) is 0. The van der Waals surface area contributed by atoms with Gasteiger partial charge in [-0.1, -0.05) is 11.8 Å². The van der Waals surface area contributed by atoms with Crippen LogP contribution in [-0.2, 0) is 14.8 Å². The summed E-state index contributed by atoms with van der Waals surface area (Å²) in [4.78, 5) is 35.7. The van der Waals surface area contributed by atoms with Gasteiger partial charge >= 0.3 is 0 Å². The van der Waals surface area contributed by atoms with Gasteiger partial charge in [0, 0.05) is 22.8 Å². The summed E-state index contributed by atoms with van der Waals surface area (Å²) in [6.07, 6.45) is 1.49. The molecule has 0 saturated heterocycles. The second-order valence-electron chi connectivity index (χ2n) is 7.24. The molecule has 4 aromatic rings. The topological polar surface area (TPSA) is 167 Å². The zero-order valence-electron chi connectivity index (χ0n) is 19.1. The number of rotatable bonds is 9. The summed E-state index contributed by atoms with van der Waals surface area (Å²) in [7, 11) is -2.28. The first-order valence-electron chi connectivity index (χ1n) is 10.4. The van der Waals surface area contributed by atoms with E-state index in [0.717, 1.165) is 23.1 Å². The molecule has 2 aromatic heterocycles. The van der Waals surface area contributed by atoms with Crippen molar-refractivity contribution in [2.45, 2.75) is 10.1 Å². The predicted octanol–water partition coefficient (Wildman–Crippen LogP) is 3.31. The van der Waals surface area contributed by atoms with Crippen LogP contribution in [0.3, 0.4) is 0 Å². The largest absolute Gasteiger partial charge is 0.497 e. The van der Waals surface area contributed by atoms with Crippen molar-refractivity contribution >= 4 is 49.8 Å². The van der Waals surface area contributed by atoms with Gasteiger partial charge in [0.25, 0.3) is 15.6 Å². The van der Waals surface area contributed by atoms with Gasteiger partial charge in [-0.15, -0.1) is 11.3 Å². The zero-order chi connectivity index (χ0) is 26.4. The number of nitriles is 1. The Labute approximate surface area is 219 Å². The van der Waals surface area contributed by atoms with Crippen LogP contribution < -0.4 is 20.3 Å². The second kappa shape index (κ2) is 11.2. The minimum Gasteiger partial charge on any atom is -0.497 e. The molecule has 3 N–H and O–H groups in total. The fourth-order valence-corrected chi connectivity index (χ4v) is 5.53. The van der Waals surface area contributed by atoms with Gasteiger partial charge in [0.2, 0.25) is 5.91 Å². The van der Waals surface area contributed by atoms with Crippen LogP contribution in [0.15, 0.2) is 75.0 Å². The van der Waals surface area contributed by atoms with Crippen molar-refractivity contribution in [1.29, 1.82) is 5.26 Å². The van der Waals surface area contributed by atoms with Gasteiger partial charge in [-0.25, -0.2) is 18.4 Å². The molecule has 0 bridgehead atoms. The maximum Gasteiger partial charge on any atom is 0.270 e. The highest BCUT2D eigenvalue weighted by atomic mass is 32.2. The number of benzene rings is 2. The Balaban J connectivity index is 1.42. The third-order valence-electron chi connectivity index (χ3n) is 4.82. The number of hydrogen-bond acceptors (Lipinski definition) is 10. The number of methoxy groups -OCH3 is 1. The number of aromatic nitrogens is 3. The molecule has 0 saturated carbocycles. The Morgan fingerprint density at radius 3 is 2.54 bits per heavy atom. The minimum atomic E-state index is -3.81. The molecule has 2 heterocycles. The molecule has 0 aliphatic heterocycles. The molecule has 1 amide bonds. The number of nitrogens with one attached hydrogen (secondary N) is 3. The lowest BCUT2D eigenvalue weighted by atomic mass is 10.1. The van der Waals surface area contributed by atoms with E-state index in [4.69, 9.17) is 4.74 Å². The van der Waals surface area contributed by atoms with Crippen LogP contribution in [0.5, 0.6) is 5.75 Å². The number of thioether (sulfide) groups is 1. The maximum absolute atomic E-state index is 12.5. The van der Waals surface area contributed by atoms with E-state index in [1.54, 1.807) is 29.6 Å². The van der Waals surface area contributed by atoms with Crippen LogP contribution in [-0.4, -0.2) is 42.1 Å². The highest BCUT2D eigenvalue weighted by Gasteiger charge is 2.17. The number of H-pyrrole nitrogens is 1. The van der Waals surface area contributed by atoms with Crippen LogP contribution in [0.25, 0.3) is 11.3 Å². The number of carbonyl (C=O) groups is 1. The quantitative estimate of drug-likeness (QED) is 0.208. The standard InChI is InChI=1S/C23H18N6O5S3/c1-34-16-6-2-14(3-7-16)20-18(12-24)21(31)28-23(27-20)36-13-19(30)26-15-4-8-17(9-5-15)37(32,33)29-22-25-10-11-35-22/h2-11H,13H2,1H3,(H,25,29)(H,26,30)(H,27,28,31). The molecule has 0 aliphatic rings. The lowest BCUT2D eigenvalue weighted by molar-refractivity contribution is -0.113. The normalized spacial score (nSPS) is 10.9. The first kappa shape index (κ1) is 25.9. The molecule has 11 nitrogen and oxygen atoms in total. The van der Waals surface area contributed by atoms with E-state index in [1.165, 1.54) is 37.6 Å². The van der Waals surface area contributed by atoms with E-state index in [9.17, 15) is 23.3 Å². The highest BCUT2D eigenvalue weighted by molar-refractivity contribution is 7.99. The monoisotopic (exact) mass is 554 g/mol. The van der Waals surface area contributed by atoms with Crippen LogP contribution >= 0.6 is 23.1 Å². The number of nitrogens with zero attached hydrogens (tertiary/aromatic N) is 3. The third-order valence-corrected chi connectivity index (χ3v) is 7.86. The lowest BCUT2D eigenvalue weighted by Gasteiger charge is -2.09. The van der Waals surface area contributed by atoms with Crippen LogP contribution in [0.4, 0.5) is 10.8 Å². The number of ether oxygens (including phenoxy) is 1. The molecule has 37 heavy (non-hydrogen) atoms. The molecule has 0 aliphatic carbocycles. The van der Waals surface area contributed by atoms with Crippen LogP contribution in [0.2, 0.25) is 0 Å². The number of anilines is 2. The summed E-state index contributed by atoms with van der Waals surface area (Å²) in [5, 5.41) is 14.1. The van der Waals surface area contributed by atoms with Crippen LogP contribution in [0.1, 0.15) is 5.56 Å². The van der Waals surface area contributed by atoms with Gasteiger partial charge in [0.15, 0.2) is 10.3 Å². The molecular formula is C23H18N6O5S3. The number of aromatic amines is 1. The van der Waals surface area contributed by atoms with E-state index < -0.39 is 21.5 Å². The molecule has 2 aromatic carbocycles. The number of carbonyl (C=O) groups excluding carboxylic acids is 1. The Morgan fingerprint density at radius 1 is 1.19 bits per heavy atom. The summed E-state index contributed by atoms with van der Waals surface area (Å²) in [5.41, 5.74) is 0.376. The van der Waals surface area contributed by atoms with Gasteiger partial charge in [-0.05, 0) is 48.5 Å². The molecule has 0 spiro atoms. The molecule has 14 heteroatoms. The average molecular weight is 555 g/mol. The summed E-state index contributed by atoms with van der Waals surface area (Å²) in [5.74, 6) is 0.113. The Hall–Kier alpha value is -4.19. The van der Waals surface area contributed by atoms with Gasteiger partial charge in [-0.2, -0.15) is 5.26 Å². The van der Waals surface area contributed by atoms with E-state index in [0.29, 0.717) is 17.0 Å². The Bertz CT molecular complexity index is 1610. The van der Waals surface area contributed by atoms with Crippen molar-refractivity contribution in [3.8, 4) is 23.1 Å². The van der Waals surface area contributed by atoms with E-state index >= 15 is 0 Å². The van der Waals surface area contributed by atoms with Crippen molar-refractivity contribution in [3.05, 3.63) is 76.0 Å². The van der Waals surface area contributed by atoms with E-state index in [2.05, 4.69) is 25.0 Å². The van der Waals surface area contributed by atoms with Gasteiger partial charge in [0.1, 0.15) is 17.4 Å². The summed E-state index contributed by atoms with van der Waals surface area (Å²) < 4.78 is 32.4. The fraction of sp³-hybridized carbons (Fsp3) is 0.0870. The SMILES string of the molecule is COc1ccc(-c2nc(SCC(=O)Nc3ccc(S(=O)(=O)Nc4nccs4)cc3)[nH]c(=O)c2C#N)cc1. The number of sulfonamides is 1. The Morgan fingerprint density at radius 2 is 1.92 bits per heavy atom. The van der Waals surface area contributed by atoms with Gasteiger partial charge < -0.3 is 15.0 Å². The first-order chi connectivity index (χ1) is 17.8. The van der Waals surface area contributed by atoms with Crippen molar-refractivity contribution in [1.82, 2.24) is 15.0 Å². The maximum atomic E-state index is 12.5. The van der Waals surface area contributed by atoms with Crippen molar-refractivity contribution in [2.75, 3.05) is 22.9 Å². The number of amides is 1. The molecule has 0 atom stereocenters. The Kier molecular flexibility index (Phi) is 7.87. The molecule has 0 radical (unpaired) electrons. The molecule has 4 rings (SSSR count). The minimum absolute atomic E-state index is 0.0143.